The summed E-state index contributed by atoms with van der Waals surface area (Å²) in [6.07, 6.45) is 10.1. The highest BCUT2D eigenvalue weighted by atomic mass is 16.5. The van der Waals surface area contributed by atoms with E-state index in [4.69, 9.17) is 11.2 Å². The minimum atomic E-state index is -0.605. The van der Waals surface area contributed by atoms with Crippen LogP contribution in [0.5, 0.6) is 0 Å². The summed E-state index contributed by atoms with van der Waals surface area (Å²) in [4.78, 5) is 30.8. The summed E-state index contributed by atoms with van der Waals surface area (Å²) in [5, 5.41) is 0. The van der Waals surface area contributed by atoms with Crippen LogP contribution in [0.3, 0.4) is 0 Å². The van der Waals surface area contributed by atoms with E-state index in [1.807, 2.05) is 30.3 Å². The second-order valence-electron chi connectivity index (χ2n) is 6.61. The summed E-state index contributed by atoms with van der Waals surface area (Å²) >= 11 is 0. The lowest BCUT2D eigenvalue weighted by Crippen LogP contribution is -2.43. The molecule has 138 valence electrons. The van der Waals surface area contributed by atoms with E-state index in [-0.39, 0.29) is 17.8 Å². The SMILES string of the molecule is C#C[C@H](Cc1ccccc1)OC(=O)[C@H]1CCCN(C(=O)c2ccncc2)C1. The minimum absolute atomic E-state index is 0.0901. The molecule has 1 amide bonds. The van der Waals surface area contributed by atoms with Crippen LogP contribution in [-0.4, -0.2) is 41.0 Å². The van der Waals surface area contributed by atoms with Crippen molar-refractivity contribution in [1.29, 1.82) is 0 Å². The minimum Gasteiger partial charge on any atom is -0.449 e. The molecular formula is C22H22N2O3. The van der Waals surface area contributed by atoms with Crippen molar-refractivity contribution in [2.75, 3.05) is 13.1 Å². The molecule has 0 saturated carbocycles. The second-order valence-corrected chi connectivity index (χ2v) is 6.61. The van der Waals surface area contributed by atoms with Crippen LogP contribution in [0.4, 0.5) is 0 Å². The number of amides is 1. The summed E-state index contributed by atoms with van der Waals surface area (Å²) in [5.74, 6) is 1.78. The van der Waals surface area contributed by atoms with Crippen molar-refractivity contribution < 1.29 is 14.3 Å². The van der Waals surface area contributed by atoms with Crippen LogP contribution < -0.4 is 0 Å². The van der Waals surface area contributed by atoms with E-state index in [1.54, 1.807) is 29.4 Å². The van der Waals surface area contributed by atoms with Gasteiger partial charge >= 0.3 is 5.97 Å². The molecule has 1 aliphatic heterocycles. The molecule has 1 aliphatic rings. The standard InChI is InChI=1S/C22H22N2O3/c1-2-20(15-17-7-4-3-5-8-17)27-22(26)19-9-6-14-24(16-19)21(25)18-10-12-23-13-11-18/h1,3-5,7-8,10-13,19-20H,6,9,14-16H2/t19-,20+/m0/s1. The molecule has 0 radical (unpaired) electrons. The predicted molar refractivity (Wildman–Crippen MR) is 102 cm³/mol. The number of carbonyl (C=O) groups is 2. The van der Waals surface area contributed by atoms with E-state index in [9.17, 15) is 9.59 Å². The van der Waals surface area contributed by atoms with Crippen molar-refractivity contribution >= 4 is 11.9 Å². The summed E-state index contributed by atoms with van der Waals surface area (Å²) < 4.78 is 5.55. The first kappa shape index (κ1) is 18.7. The maximum Gasteiger partial charge on any atom is 0.311 e. The number of nitrogens with zero attached hydrogens (tertiary/aromatic N) is 2. The number of piperidine rings is 1. The van der Waals surface area contributed by atoms with Crippen molar-refractivity contribution in [3.63, 3.8) is 0 Å². The zero-order chi connectivity index (χ0) is 19.1. The smallest absolute Gasteiger partial charge is 0.311 e. The van der Waals surface area contributed by atoms with Gasteiger partial charge in [-0.05, 0) is 30.5 Å². The Morgan fingerprint density at radius 2 is 1.96 bits per heavy atom. The first-order valence-electron chi connectivity index (χ1n) is 9.07. The van der Waals surface area contributed by atoms with Crippen LogP contribution >= 0.6 is 0 Å². The lowest BCUT2D eigenvalue weighted by atomic mass is 9.97. The molecule has 2 heterocycles. The summed E-state index contributed by atoms with van der Waals surface area (Å²) in [6.45, 7) is 0.982. The lowest BCUT2D eigenvalue weighted by Gasteiger charge is -2.32. The molecule has 2 atom stereocenters. The van der Waals surface area contributed by atoms with Gasteiger partial charge in [-0.3, -0.25) is 14.6 Å². The van der Waals surface area contributed by atoms with Crippen LogP contribution in [0, 0.1) is 18.3 Å². The molecule has 0 aliphatic carbocycles. The van der Waals surface area contributed by atoms with Crippen molar-refractivity contribution in [3.8, 4) is 12.3 Å². The first-order chi connectivity index (χ1) is 13.2. The van der Waals surface area contributed by atoms with Gasteiger partial charge in [0.1, 0.15) is 0 Å². The normalized spacial score (nSPS) is 17.6. The maximum absolute atomic E-state index is 12.6. The van der Waals surface area contributed by atoms with Crippen molar-refractivity contribution in [2.24, 2.45) is 5.92 Å². The molecular weight excluding hydrogens is 340 g/mol. The molecule has 2 aromatic rings. The number of esters is 1. The number of hydrogen-bond acceptors (Lipinski definition) is 4. The highest BCUT2D eigenvalue weighted by molar-refractivity contribution is 5.94. The van der Waals surface area contributed by atoms with E-state index >= 15 is 0 Å². The quantitative estimate of drug-likeness (QED) is 0.606. The number of hydrogen-bond donors (Lipinski definition) is 0. The molecule has 1 aromatic carbocycles. The monoisotopic (exact) mass is 362 g/mol. The fourth-order valence-electron chi connectivity index (χ4n) is 3.23. The Hall–Kier alpha value is -3.13. The van der Waals surface area contributed by atoms with Gasteiger partial charge in [0.15, 0.2) is 6.10 Å². The van der Waals surface area contributed by atoms with Gasteiger partial charge in [-0.15, -0.1) is 6.42 Å². The Morgan fingerprint density at radius 3 is 2.67 bits per heavy atom. The lowest BCUT2D eigenvalue weighted by molar-refractivity contribution is -0.152. The molecule has 0 unspecified atom stereocenters. The van der Waals surface area contributed by atoms with Crippen molar-refractivity contribution in [3.05, 3.63) is 66.0 Å². The Morgan fingerprint density at radius 1 is 1.22 bits per heavy atom. The number of benzene rings is 1. The third kappa shape index (κ3) is 4.95. The van der Waals surface area contributed by atoms with Gasteiger partial charge in [-0.25, -0.2) is 0 Å². The predicted octanol–water partition coefficient (Wildman–Crippen LogP) is 2.72. The molecule has 27 heavy (non-hydrogen) atoms. The number of likely N-dealkylation sites (tertiary alicyclic amines) is 1. The van der Waals surface area contributed by atoms with E-state index in [1.165, 1.54) is 0 Å². The number of aromatic nitrogens is 1. The Balaban J connectivity index is 1.59. The van der Waals surface area contributed by atoms with Crippen molar-refractivity contribution in [2.45, 2.75) is 25.4 Å². The van der Waals surface area contributed by atoms with Crippen LogP contribution in [0.15, 0.2) is 54.9 Å². The molecule has 0 bridgehead atoms. The van der Waals surface area contributed by atoms with Gasteiger partial charge in [0.05, 0.1) is 5.92 Å². The van der Waals surface area contributed by atoms with E-state index in [0.717, 1.165) is 12.0 Å². The van der Waals surface area contributed by atoms with Crippen molar-refractivity contribution in [1.82, 2.24) is 9.88 Å². The Kier molecular flexibility index (Phi) is 6.22. The third-order valence-electron chi connectivity index (χ3n) is 4.68. The third-order valence-corrected chi connectivity index (χ3v) is 4.68. The number of ether oxygens (including phenoxy) is 1. The Bertz CT molecular complexity index is 814. The van der Waals surface area contributed by atoms with Gasteiger partial charge in [0, 0.05) is 37.5 Å². The first-order valence-corrected chi connectivity index (χ1v) is 9.07. The van der Waals surface area contributed by atoms with Crippen LogP contribution in [-0.2, 0) is 16.0 Å². The molecule has 3 rings (SSSR count). The molecule has 0 N–H and O–H groups in total. The summed E-state index contributed by atoms with van der Waals surface area (Å²) in [7, 11) is 0. The summed E-state index contributed by atoms with van der Waals surface area (Å²) in [6, 6.07) is 13.0. The van der Waals surface area contributed by atoms with E-state index in [2.05, 4.69) is 10.9 Å². The average Bonchev–Trinajstić information content (AvgIpc) is 2.74. The van der Waals surface area contributed by atoms with Gasteiger partial charge in [-0.1, -0.05) is 36.3 Å². The van der Waals surface area contributed by atoms with Gasteiger partial charge < -0.3 is 9.64 Å². The van der Waals surface area contributed by atoms with Crippen LogP contribution in [0.1, 0.15) is 28.8 Å². The fourth-order valence-corrected chi connectivity index (χ4v) is 3.23. The fraction of sp³-hybridized carbons (Fsp3) is 0.318. The van der Waals surface area contributed by atoms with Gasteiger partial charge in [0.2, 0.25) is 0 Å². The van der Waals surface area contributed by atoms with Crippen LogP contribution in [0.2, 0.25) is 0 Å². The molecule has 0 spiro atoms. The van der Waals surface area contributed by atoms with Gasteiger partial charge in [-0.2, -0.15) is 0 Å². The molecule has 1 saturated heterocycles. The topological polar surface area (TPSA) is 59.5 Å². The second kappa shape index (κ2) is 9.00. The average molecular weight is 362 g/mol. The zero-order valence-electron chi connectivity index (χ0n) is 15.1. The largest absolute Gasteiger partial charge is 0.449 e. The molecule has 5 heteroatoms. The van der Waals surface area contributed by atoms with E-state index in [0.29, 0.717) is 31.5 Å². The van der Waals surface area contributed by atoms with Crippen LogP contribution in [0.25, 0.3) is 0 Å². The Labute approximate surface area is 159 Å². The number of terminal acetylenes is 1. The number of pyridine rings is 1. The zero-order valence-corrected chi connectivity index (χ0v) is 15.1. The highest BCUT2D eigenvalue weighted by Gasteiger charge is 2.31. The molecule has 1 aromatic heterocycles. The van der Waals surface area contributed by atoms with E-state index < -0.39 is 6.10 Å². The molecule has 1 fully saturated rings. The van der Waals surface area contributed by atoms with Gasteiger partial charge in [0.25, 0.3) is 5.91 Å². The maximum atomic E-state index is 12.6. The number of rotatable bonds is 5. The summed E-state index contributed by atoms with van der Waals surface area (Å²) in [5.41, 5.74) is 1.59. The molecule has 5 nitrogen and oxygen atoms in total. The highest BCUT2D eigenvalue weighted by Crippen LogP contribution is 2.21. The number of carbonyl (C=O) groups excluding carboxylic acids is 2.